The van der Waals surface area contributed by atoms with Crippen molar-refractivity contribution in [2.24, 2.45) is 5.73 Å². The molecule has 0 fully saturated rings. The number of aromatic hydroxyl groups is 7. The van der Waals surface area contributed by atoms with Crippen LogP contribution in [0.25, 0.3) is 0 Å². The number of phenolic OH excluding ortho intramolecular Hbond substituents is 7. The molecule has 0 aromatic heterocycles. The summed E-state index contributed by atoms with van der Waals surface area (Å²) in [4.78, 5) is 112. The van der Waals surface area contributed by atoms with E-state index in [1.807, 2.05) is 0 Å². The van der Waals surface area contributed by atoms with Gasteiger partial charge in [0.1, 0.15) is 5.75 Å². The molecule has 480 valence electrons. The van der Waals surface area contributed by atoms with Crippen molar-refractivity contribution in [3.63, 3.8) is 0 Å². The molecule has 17 N–H and O–H groups in total. The van der Waals surface area contributed by atoms with Gasteiger partial charge in [0.05, 0.1) is 70.9 Å². The maximum atomic E-state index is 13.6. The fraction of sp³-hybridized carbons (Fsp3) is 0.407. The summed E-state index contributed by atoms with van der Waals surface area (Å²) in [6.45, 7) is 1.69. The van der Waals surface area contributed by atoms with Gasteiger partial charge in [0.25, 0.3) is 47.3 Å². The summed E-state index contributed by atoms with van der Waals surface area (Å²) < 4.78 is 10.7. The molecule has 0 saturated heterocycles. The molecule has 0 aliphatic carbocycles. The maximum Gasteiger partial charge on any atom is 0.255 e. The fourth-order valence-corrected chi connectivity index (χ4v) is 8.73. The molecule has 0 radical (unpaired) electrons. The summed E-state index contributed by atoms with van der Waals surface area (Å²) in [5.41, 5.74) is 2.85. The van der Waals surface area contributed by atoms with E-state index in [1.54, 1.807) is 14.7 Å². The number of hydrogen-bond acceptors (Lipinski definition) is 21. The second kappa shape index (κ2) is 37.7. The lowest BCUT2D eigenvalue weighted by molar-refractivity contribution is 0.0511. The van der Waals surface area contributed by atoms with E-state index in [0.717, 1.165) is 36.4 Å². The van der Waals surface area contributed by atoms with Crippen molar-refractivity contribution in [1.82, 2.24) is 57.2 Å². The van der Waals surface area contributed by atoms with Gasteiger partial charge in [-0.2, -0.15) is 0 Å². The van der Waals surface area contributed by atoms with E-state index in [9.17, 15) is 74.1 Å². The Hall–Kier alpha value is -7.84. The Balaban J connectivity index is 0.00000645. The number of phenols is 7. The Morgan fingerprint density at radius 3 is 1.03 bits per heavy atom. The standard InChI is InChI=1S/C54H70N12O17.4ClH/c55-10-28-82-30-31-83-29-18-63-48(75)33-3-1-2-32(40(33)67)47(74)56-14-22-65-23-15-60-52(79)37-7-4-34(41(68)44(37)71)49(76)57-11-19-64-20-12-58-50(77)35-5-8-38(45(72)42(35)69)53(80)61-16-24-66(27-26-65)25-17-62-54(81)39-9-6-36(43(70)46(39)73)51(78)59-13-21-64;;;;/h1-9,67-73H,10-31,55H2,(H,56,74)(H,57,76)(H,58,77)(H,59,78)(H,60,79)(H,61,80)(H,62,81)(H,63,75);4*1H. The van der Waals surface area contributed by atoms with Crippen LogP contribution in [0.3, 0.4) is 0 Å². The van der Waals surface area contributed by atoms with Crippen LogP contribution in [-0.2, 0) is 9.47 Å². The minimum absolute atomic E-state index is 0. The molecule has 4 aromatic carbocycles. The summed E-state index contributed by atoms with van der Waals surface area (Å²) in [6, 6.07) is 11.0. The molecule has 8 amide bonds. The smallest absolute Gasteiger partial charge is 0.255 e. The predicted molar refractivity (Wildman–Crippen MR) is 325 cm³/mol. The molecule has 29 nitrogen and oxygen atoms in total. The molecule has 33 heteroatoms. The molecule has 0 unspecified atom stereocenters. The molecular weight excluding hydrogens is 1230 g/mol. The van der Waals surface area contributed by atoms with Crippen molar-refractivity contribution in [1.29, 1.82) is 0 Å². The van der Waals surface area contributed by atoms with E-state index >= 15 is 0 Å². The first-order chi connectivity index (χ1) is 39.9. The number of ether oxygens (including phenoxy) is 2. The van der Waals surface area contributed by atoms with Crippen LogP contribution in [0.4, 0.5) is 0 Å². The average Bonchev–Trinajstić information content (AvgIpc) is 3.67. The van der Waals surface area contributed by atoms with Crippen molar-refractivity contribution in [3.8, 4) is 40.2 Å². The lowest BCUT2D eigenvalue weighted by Gasteiger charge is -2.28. The van der Waals surface area contributed by atoms with Gasteiger partial charge in [-0.05, 0) is 48.5 Å². The number of carbonyl (C=O) groups is 8. The molecule has 14 rings (SSSR count). The van der Waals surface area contributed by atoms with Gasteiger partial charge in [-0.25, -0.2) is 0 Å². The monoisotopic (exact) mass is 1300 g/mol. The minimum Gasteiger partial charge on any atom is -0.506 e. The minimum atomic E-state index is -0.886. The van der Waals surface area contributed by atoms with E-state index < -0.39 is 87.5 Å². The number of rotatable bonds is 13. The number of benzene rings is 4. The maximum absolute atomic E-state index is 13.6. The third-order valence-electron chi connectivity index (χ3n) is 13.3. The number of nitrogens with one attached hydrogen (secondary N) is 8. The van der Waals surface area contributed by atoms with Gasteiger partial charge in [-0.1, -0.05) is 6.07 Å². The lowest BCUT2D eigenvalue weighted by atomic mass is 10.1. The van der Waals surface area contributed by atoms with Gasteiger partial charge in [-0.15, -0.1) is 49.6 Å². The van der Waals surface area contributed by atoms with Crippen LogP contribution in [0.2, 0.25) is 0 Å². The van der Waals surface area contributed by atoms with E-state index in [1.165, 1.54) is 18.2 Å². The normalized spacial score (nSPS) is 16.8. The Labute approximate surface area is 524 Å². The van der Waals surface area contributed by atoms with Crippen LogP contribution in [0.5, 0.6) is 40.2 Å². The highest BCUT2D eigenvalue weighted by molar-refractivity contribution is 6.06. The second-order valence-corrected chi connectivity index (χ2v) is 18.9. The topological polar surface area (TPSA) is 429 Å². The molecule has 10 aliphatic rings. The number of nitrogens with two attached hydrogens (primary N) is 1. The average molecular weight is 1310 g/mol. The predicted octanol–water partition coefficient (Wildman–Crippen LogP) is -0.823. The van der Waals surface area contributed by atoms with E-state index in [0.29, 0.717) is 19.8 Å². The van der Waals surface area contributed by atoms with Crippen molar-refractivity contribution in [3.05, 3.63) is 99.1 Å². The third-order valence-corrected chi connectivity index (χ3v) is 13.3. The van der Waals surface area contributed by atoms with Crippen molar-refractivity contribution in [2.45, 2.75) is 0 Å². The molecule has 0 spiro atoms. The van der Waals surface area contributed by atoms with Crippen molar-refractivity contribution < 1.29 is 83.6 Å². The van der Waals surface area contributed by atoms with Crippen molar-refractivity contribution >= 4 is 96.9 Å². The lowest BCUT2D eigenvalue weighted by Crippen LogP contribution is -2.45. The highest BCUT2D eigenvalue weighted by Crippen LogP contribution is 2.35. The first-order valence-corrected chi connectivity index (χ1v) is 26.7. The zero-order valence-electron chi connectivity index (χ0n) is 47.0. The van der Waals surface area contributed by atoms with Crippen LogP contribution < -0.4 is 48.3 Å². The summed E-state index contributed by atoms with van der Waals surface area (Å²) in [7, 11) is 0. The Bertz CT molecular complexity index is 2930. The number of amides is 8. The van der Waals surface area contributed by atoms with Crippen molar-refractivity contribution in [2.75, 3.05) is 144 Å². The zero-order chi connectivity index (χ0) is 60.0. The fourth-order valence-electron chi connectivity index (χ4n) is 8.73. The van der Waals surface area contributed by atoms with Crippen LogP contribution in [-0.4, -0.2) is 242 Å². The van der Waals surface area contributed by atoms with Gasteiger partial charge < -0.3 is 93.5 Å². The first kappa shape index (κ1) is 75.3. The Morgan fingerprint density at radius 1 is 0.402 bits per heavy atom. The summed E-state index contributed by atoms with van der Waals surface area (Å²) in [6.07, 6.45) is 0. The molecule has 8 bridgehead atoms. The first-order valence-electron chi connectivity index (χ1n) is 26.7. The SMILES string of the molecule is Cl.Cl.Cl.Cl.NCCOCCOCCNC(=O)c1cccc(C(=O)NCCN2CCNC(=O)c3ccc(c(O)c3O)C(=O)NCCN3CCNC(=O)c4ccc(c(O)c4O)C(=O)NCCN(CCNC(=O)c4ccc(c(O)c4O)C(=O)NCC3)CC2)c1O. The highest BCUT2D eigenvalue weighted by atomic mass is 35.5. The van der Waals surface area contributed by atoms with E-state index in [2.05, 4.69) is 42.5 Å². The van der Waals surface area contributed by atoms with Crippen LogP contribution in [0.15, 0.2) is 54.6 Å². The molecule has 87 heavy (non-hydrogen) atoms. The van der Waals surface area contributed by atoms with Crippen LogP contribution in [0.1, 0.15) is 82.9 Å². The largest absolute Gasteiger partial charge is 0.506 e. The molecule has 0 saturated carbocycles. The Morgan fingerprint density at radius 2 is 0.701 bits per heavy atom. The Kier molecular flexibility index (Phi) is 32.6. The van der Waals surface area contributed by atoms with Gasteiger partial charge in [-0.3, -0.25) is 53.1 Å². The third kappa shape index (κ3) is 21.2. The quantitative estimate of drug-likeness (QED) is 0.0574. The van der Waals surface area contributed by atoms with Crippen LogP contribution >= 0.6 is 49.6 Å². The van der Waals surface area contributed by atoms with Gasteiger partial charge in [0.15, 0.2) is 34.5 Å². The molecule has 10 heterocycles. The summed E-state index contributed by atoms with van der Waals surface area (Å²) >= 11 is 0. The van der Waals surface area contributed by atoms with E-state index in [4.69, 9.17) is 15.2 Å². The number of hydrogen-bond donors (Lipinski definition) is 16. The van der Waals surface area contributed by atoms with Gasteiger partial charge >= 0.3 is 0 Å². The van der Waals surface area contributed by atoms with Gasteiger partial charge in [0, 0.05) is 118 Å². The number of carbonyl (C=O) groups excluding carboxylic acids is 8. The summed E-state index contributed by atoms with van der Waals surface area (Å²) in [5, 5.41) is 98.0. The zero-order valence-corrected chi connectivity index (χ0v) is 50.3. The van der Waals surface area contributed by atoms with Gasteiger partial charge in [0.2, 0.25) is 0 Å². The molecule has 4 aromatic rings. The number of para-hydroxylation sites is 1. The highest BCUT2D eigenvalue weighted by Gasteiger charge is 2.26. The summed E-state index contributed by atoms with van der Waals surface area (Å²) in [5.74, 6) is -12.2. The van der Waals surface area contributed by atoms with Crippen LogP contribution in [0, 0.1) is 0 Å². The molecular formula is C54H74Cl4N12O17. The second-order valence-electron chi connectivity index (χ2n) is 18.9. The molecule has 10 aliphatic heterocycles. The number of nitrogens with zero attached hydrogens (tertiary/aromatic N) is 3. The van der Waals surface area contributed by atoms with E-state index in [-0.39, 0.29) is 219 Å². The molecule has 0 atom stereocenters. The number of halogens is 4.